The first-order valence-corrected chi connectivity index (χ1v) is 8.12. The molecule has 6 nitrogen and oxygen atoms in total. The molecule has 0 fully saturated rings. The number of nitrogens with one attached hydrogen (secondary N) is 1. The second kappa shape index (κ2) is 8.10. The van der Waals surface area contributed by atoms with Crippen molar-refractivity contribution in [2.75, 3.05) is 25.1 Å². The minimum absolute atomic E-state index is 0.0362. The molecule has 1 aromatic heterocycles. The maximum Gasteiger partial charge on any atom is 0.118 e. The van der Waals surface area contributed by atoms with Gasteiger partial charge in [0.25, 0.3) is 0 Å². The van der Waals surface area contributed by atoms with Crippen LogP contribution in [0.5, 0.6) is 0 Å². The van der Waals surface area contributed by atoms with Crippen LogP contribution in [0.4, 0.5) is 11.4 Å². The highest BCUT2D eigenvalue weighted by atomic mass is 35.5. The Bertz CT molecular complexity index is 755. The number of hydrogen-bond acceptors (Lipinski definition) is 5. The molecule has 0 bridgehead atoms. The molecule has 3 rings (SSSR count). The Labute approximate surface area is 145 Å². The van der Waals surface area contributed by atoms with E-state index in [0.717, 1.165) is 22.9 Å². The molecule has 126 valence electrons. The maximum atomic E-state index is 8.76. The lowest BCUT2D eigenvalue weighted by Gasteiger charge is -2.12. The van der Waals surface area contributed by atoms with E-state index >= 15 is 0 Å². The van der Waals surface area contributed by atoms with Gasteiger partial charge >= 0.3 is 0 Å². The normalized spacial score (nSPS) is 13.3. The topological polar surface area (TPSA) is 71.1 Å². The van der Waals surface area contributed by atoms with Crippen molar-refractivity contribution in [2.45, 2.75) is 13.0 Å². The number of rotatable bonds is 6. The summed E-state index contributed by atoms with van der Waals surface area (Å²) in [6.45, 7) is 1.63. The zero-order valence-corrected chi connectivity index (χ0v) is 13.9. The summed E-state index contributed by atoms with van der Waals surface area (Å²) in [5, 5.41) is 12.7. The van der Waals surface area contributed by atoms with Crippen LogP contribution in [0.3, 0.4) is 0 Å². The molecule has 2 aromatic rings. The largest absolute Gasteiger partial charge is 0.394 e. The Morgan fingerprint density at radius 1 is 1.29 bits per heavy atom. The summed E-state index contributed by atoms with van der Waals surface area (Å²) in [6, 6.07) is 9.49. The van der Waals surface area contributed by atoms with Crippen molar-refractivity contribution < 1.29 is 9.84 Å². The van der Waals surface area contributed by atoms with Gasteiger partial charge in [-0.05, 0) is 24.3 Å². The molecule has 0 radical (unpaired) electrons. The molecule has 24 heavy (non-hydrogen) atoms. The van der Waals surface area contributed by atoms with Gasteiger partial charge in [0.2, 0.25) is 0 Å². The van der Waals surface area contributed by atoms with Gasteiger partial charge < -0.3 is 19.7 Å². The molecule has 7 heteroatoms. The van der Waals surface area contributed by atoms with E-state index in [4.69, 9.17) is 21.4 Å². The molecule has 0 unspecified atom stereocenters. The highest BCUT2D eigenvalue weighted by molar-refractivity contribution is 6.30. The summed E-state index contributed by atoms with van der Waals surface area (Å²) >= 11 is 6.02. The first-order valence-electron chi connectivity index (χ1n) is 7.74. The fraction of sp³-hybridized carbons (Fsp3) is 0.294. The number of aromatic nitrogens is 1. The van der Waals surface area contributed by atoms with Gasteiger partial charge in [0.15, 0.2) is 0 Å². The Kier molecular flexibility index (Phi) is 5.63. The van der Waals surface area contributed by atoms with Crippen molar-refractivity contribution in [3.8, 4) is 0 Å². The zero-order valence-electron chi connectivity index (χ0n) is 13.2. The Morgan fingerprint density at radius 2 is 2.21 bits per heavy atom. The van der Waals surface area contributed by atoms with Crippen LogP contribution in [-0.2, 0) is 17.7 Å². The van der Waals surface area contributed by atoms with Crippen molar-refractivity contribution in [3.63, 3.8) is 0 Å². The fourth-order valence-electron chi connectivity index (χ4n) is 2.52. The van der Waals surface area contributed by atoms with Gasteiger partial charge in [-0.2, -0.15) is 0 Å². The van der Waals surface area contributed by atoms with Gasteiger partial charge in [-0.3, -0.25) is 0 Å². The van der Waals surface area contributed by atoms with Gasteiger partial charge in [0.1, 0.15) is 12.2 Å². The average molecular weight is 347 g/mol. The van der Waals surface area contributed by atoms with Crippen molar-refractivity contribution >= 4 is 35.1 Å². The number of amidine groups is 1. The minimum atomic E-state index is 0.0362. The third kappa shape index (κ3) is 4.23. The summed E-state index contributed by atoms with van der Waals surface area (Å²) in [4.78, 5) is 8.76. The van der Waals surface area contributed by atoms with Crippen molar-refractivity contribution in [3.05, 3.63) is 47.2 Å². The minimum Gasteiger partial charge on any atom is -0.394 e. The highest BCUT2D eigenvalue weighted by Gasteiger charge is 2.14. The van der Waals surface area contributed by atoms with Crippen LogP contribution >= 0.6 is 11.6 Å². The fourth-order valence-corrected chi connectivity index (χ4v) is 2.71. The second-order valence-electron chi connectivity index (χ2n) is 5.31. The molecule has 2 N–H and O–H groups in total. The Hall–Kier alpha value is -2.15. The lowest BCUT2D eigenvalue weighted by atomic mass is 10.2. The van der Waals surface area contributed by atoms with Gasteiger partial charge in [-0.1, -0.05) is 17.7 Å². The molecular formula is C17H19ClN4O2. The summed E-state index contributed by atoms with van der Waals surface area (Å²) in [5.41, 5.74) is 2.87. The summed E-state index contributed by atoms with van der Waals surface area (Å²) < 4.78 is 7.45. The number of hydrogen-bond donors (Lipinski definition) is 2. The van der Waals surface area contributed by atoms with Crippen LogP contribution < -0.4 is 5.32 Å². The van der Waals surface area contributed by atoms with Crippen LogP contribution in [0.1, 0.15) is 5.69 Å². The molecule has 0 aliphatic carbocycles. The predicted molar refractivity (Wildman–Crippen MR) is 96.7 cm³/mol. The van der Waals surface area contributed by atoms with Gasteiger partial charge in [0, 0.05) is 29.9 Å². The van der Waals surface area contributed by atoms with Crippen LogP contribution in [-0.4, -0.2) is 41.7 Å². The third-order valence-corrected chi connectivity index (χ3v) is 3.86. The van der Waals surface area contributed by atoms with Crippen LogP contribution in [0.2, 0.25) is 5.02 Å². The molecule has 1 aliphatic rings. The standard InChI is InChI=1S/C17H19ClN4O2/c18-13-2-1-3-14(10-13)21-17-11-16-15(19-12-20-17)4-5-22(16)6-8-24-9-7-23/h1-5,10,12,23H,6-9,11H2,(H,19,20,21). The molecule has 0 saturated heterocycles. The second-order valence-corrected chi connectivity index (χ2v) is 5.75. The molecule has 1 aliphatic heterocycles. The van der Waals surface area contributed by atoms with E-state index < -0.39 is 0 Å². The molecule has 2 heterocycles. The van der Waals surface area contributed by atoms with E-state index in [-0.39, 0.29) is 6.61 Å². The molecule has 0 amide bonds. The third-order valence-electron chi connectivity index (χ3n) is 3.63. The summed E-state index contributed by atoms with van der Waals surface area (Å²) in [5.74, 6) is 0.802. The number of ether oxygens (including phenoxy) is 1. The van der Waals surface area contributed by atoms with E-state index in [0.29, 0.717) is 31.2 Å². The molecule has 0 atom stereocenters. The van der Waals surface area contributed by atoms with Crippen molar-refractivity contribution in [1.29, 1.82) is 0 Å². The quantitative estimate of drug-likeness (QED) is 0.790. The molecule has 0 saturated carbocycles. The van der Waals surface area contributed by atoms with E-state index in [9.17, 15) is 0 Å². The highest BCUT2D eigenvalue weighted by Crippen LogP contribution is 2.24. The molecular weight excluding hydrogens is 328 g/mol. The number of halogens is 1. The number of benzene rings is 1. The number of fused-ring (bicyclic) bond motifs is 1. The van der Waals surface area contributed by atoms with E-state index in [2.05, 4.69) is 19.9 Å². The lowest BCUT2D eigenvalue weighted by Crippen LogP contribution is -2.18. The predicted octanol–water partition coefficient (Wildman–Crippen LogP) is 2.88. The van der Waals surface area contributed by atoms with E-state index in [1.165, 1.54) is 0 Å². The smallest absolute Gasteiger partial charge is 0.118 e. The first-order chi connectivity index (χ1) is 11.8. The van der Waals surface area contributed by atoms with E-state index in [1.54, 1.807) is 6.34 Å². The number of nitrogens with zero attached hydrogens (tertiary/aromatic N) is 3. The molecule has 1 aromatic carbocycles. The van der Waals surface area contributed by atoms with Crippen molar-refractivity contribution in [1.82, 2.24) is 4.57 Å². The lowest BCUT2D eigenvalue weighted by molar-refractivity contribution is 0.0868. The number of aliphatic imine (C=N–C) groups is 2. The van der Waals surface area contributed by atoms with Crippen LogP contribution in [0.15, 0.2) is 46.5 Å². The van der Waals surface area contributed by atoms with Gasteiger partial charge in [-0.25, -0.2) is 9.98 Å². The Balaban J connectivity index is 1.70. The zero-order chi connectivity index (χ0) is 16.8. The van der Waals surface area contributed by atoms with Crippen LogP contribution in [0.25, 0.3) is 0 Å². The van der Waals surface area contributed by atoms with E-state index in [1.807, 2.05) is 36.5 Å². The van der Waals surface area contributed by atoms with Crippen LogP contribution in [0, 0.1) is 0 Å². The monoisotopic (exact) mass is 346 g/mol. The number of anilines is 1. The maximum absolute atomic E-state index is 8.76. The SMILES string of the molecule is OCCOCCn1ccc2c1CC(Nc1cccc(Cl)c1)=NC=N2. The molecule has 0 spiro atoms. The first kappa shape index (κ1) is 16.7. The number of aliphatic hydroxyl groups excluding tert-OH is 1. The average Bonchev–Trinajstić information content (AvgIpc) is 2.82. The van der Waals surface area contributed by atoms with Gasteiger partial charge in [-0.15, -0.1) is 0 Å². The van der Waals surface area contributed by atoms with Crippen molar-refractivity contribution in [2.24, 2.45) is 9.98 Å². The summed E-state index contributed by atoms with van der Waals surface area (Å²) in [6.07, 6.45) is 4.19. The number of aliphatic hydroxyl groups is 1. The Morgan fingerprint density at radius 3 is 3.04 bits per heavy atom. The summed E-state index contributed by atoms with van der Waals surface area (Å²) in [7, 11) is 0. The van der Waals surface area contributed by atoms with Gasteiger partial charge in [0.05, 0.1) is 31.2 Å².